The first-order valence-electron chi connectivity index (χ1n) is 6.47. The minimum absolute atomic E-state index is 0.0355. The average molecular weight is 375 g/mol. The Hall–Kier alpha value is -2.34. The Labute approximate surface area is 140 Å². The van der Waals surface area contributed by atoms with Crippen LogP contribution in [0.1, 0.15) is 17.3 Å². The molecule has 7 nitrogen and oxygen atoms in total. The van der Waals surface area contributed by atoms with E-state index in [9.17, 15) is 18.0 Å². The summed E-state index contributed by atoms with van der Waals surface area (Å²) in [6, 6.07) is 1.83. The topological polar surface area (TPSA) is 93.8 Å². The molecule has 1 N–H and O–H groups in total. The number of aromatic nitrogens is 4. The largest absolute Gasteiger partial charge is 0.445 e. The number of anilines is 1. The van der Waals surface area contributed by atoms with Crippen molar-refractivity contribution in [1.82, 2.24) is 20.3 Å². The van der Waals surface area contributed by atoms with Gasteiger partial charge in [0, 0.05) is 23.8 Å². The van der Waals surface area contributed by atoms with Crippen molar-refractivity contribution in [2.75, 3.05) is 5.32 Å². The van der Waals surface area contributed by atoms with E-state index in [1.54, 1.807) is 0 Å². The molecule has 0 atom stereocenters. The minimum atomic E-state index is -4.58. The van der Waals surface area contributed by atoms with Gasteiger partial charge in [-0.05, 0) is 11.4 Å². The molecule has 3 aromatic heterocycles. The number of rotatable bonds is 5. The second-order valence-corrected chi connectivity index (χ2v) is 6.24. The van der Waals surface area contributed by atoms with Gasteiger partial charge in [0.15, 0.2) is 0 Å². The van der Waals surface area contributed by atoms with E-state index in [-0.39, 0.29) is 35.2 Å². The molecular weight excluding hydrogens is 367 g/mol. The van der Waals surface area contributed by atoms with Gasteiger partial charge in [-0.1, -0.05) is 16.5 Å². The second-order valence-electron chi connectivity index (χ2n) is 4.48. The van der Waals surface area contributed by atoms with Gasteiger partial charge in [0.05, 0.1) is 0 Å². The van der Waals surface area contributed by atoms with Crippen LogP contribution < -0.4 is 5.32 Å². The van der Waals surface area contributed by atoms with E-state index in [2.05, 4.69) is 25.7 Å². The summed E-state index contributed by atoms with van der Waals surface area (Å²) in [5.41, 5.74) is 0.813. The number of nitrogens with zero attached hydrogens (tertiary/aromatic N) is 4. The number of alkyl halides is 3. The molecule has 0 aliphatic carbocycles. The van der Waals surface area contributed by atoms with E-state index in [0.717, 1.165) is 5.56 Å². The predicted octanol–water partition coefficient (Wildman–Crippen LogP) is 3.24. The Balaban J connectivity index is 1.53. The number of carbonyl (C=O) groups excluding carboxylic acids is 1. The lowest BCUT2D eigenvalue weighted by atomic mass is 10.3. The van der Waals surface area contributed by atoms with Crippen LogP contribution in [0.3, 0.4) is 0 Å². The van der Waals surface area contributed by atoms with E-state index >= 15 is 0 Å². The molecule has 0 bridgehead atoms. The molecular formula is C12H8F3N5O2S2. The highest BCUT2D eigenvalue weighted by atomic mass is 32.1. The van der Waals surface area contributed by atoms with Gasteiger partial charge in [0.25, 0.3) is 0 Å². The van der Waals surface area contributed by atoms with Crippen LogP contribution in [0.5, 0.6) is 0 Å². The van der Waals surface area contributed by atoms with Crippen molar-refractivity contribution >= 4 is 33.7 Å². The highest BCUT2D eigenvalue weighted by Crippen LogP contribution is 2.33. The number of hydrogen-bond donors (Lipinski definition) is 1. The average Bonchev–Trinajstić information content (AvgIpc) is 3.25. The lowest BCUT2D eigenvalue weighted by Gasteiger charge is -1.99. The third kappa shape index (κ3) is 3.94. The molecule has 1 amide bonds. The molecule has 0 radical (unpaired) electrons. The van der Waals surface area contributed by atoms with Gasteiger partial charge in [-0.25, -0.2) is 0 Å². The quantitative estimate of drug-likeness (QED) is 0.736. The molecule has 3 aromatic rings. The fourth-order valence-electron chi connectivity index (χ4n) is 1.66. The monoisotopic (exact) mass is 375 g/mol. The van der Waals surface area contributed by atoms with Crippen LogP contribution in [-0.4, -0.2) is 26.2 Å². The first kappa shape index (κ1) is 16.5. The van der Waals surface area contributed by atoms with Crippen LogP contribution in [0.25, 0.3) is 11.4 Å². The second kappa shape index (κ2) is 6.65. The summed E-state index contributed by atoms with van der Waals surface area (Å²) in [5.74, 6) is 0.167. The summed E-state index contributed by atoms with van der Waals surface area (Å²) < 4.78 is 42.2. The molecule has 0 fully saturated rings. The van der Waals surface area contributed by atoms with Crippen LogP contribution >= 0.6 is 22.7 Å². The van der Waals surface area contributed by atoms with Crippen molar-refractivity contribution in [2.45, 2.75) is 19.0 Å². The molecule has 3 heterocycles. The van der Waals surface area contributed by atoms with Gasteiger partial charge in [0.1, 0.15) is 0 Å². The van der Waals surface area contributed by atoms with E-state index in [1.165, 1.54) is 11.3 Å². The minimum Gasteiger partial charge on any atom is -0.339 e. The standard InChI is InChI=1S/C12H8F3N5O2S2/c13-12(14,15)10-18-19-11(24-10)16-7(21)1-2-8-17-9(20-22-8)6-3-4-23-5-6/h3-5H,1-2H2,(H,16,19,21). The van der Waals surface area contributed by atoms with Crippen LogP contribution in [0.15, 0.2) is 21.3 Å². The smallest absolute Gasteiger partial charge is 0.339 e. The summed E-state index contributed by atoms with van der Waals surface area (Å²) >= 11 is 1.75. The van der Waals surface area contributed by atoms with Gasteiger partial charge < -0.3 is 9.84 Å². The van der Waals surface area contributed by atoms with Crippen molar-refractivity contribution < 1.29 is 22.5 Å². The van der Waals surface area contributed by atoms with Gasteiger partial charge in [-0.15, -0.1) is 10.2 Å². The van der Waals surface area contributed by atoms with Gasteiger partial charge >= 0.3 is 6.18 Å². The maximum absolute atomic E-state index is 12.4. The number of halogens is 3. The Morgan fingerprint density at radius 2 is 2.17 bits per heavy atom. The molecule has 12 heteroatoms. The predicted molar refractivity (Wildman–Crippen MR) is 79.5 cm³/mol. The SMILES string of the molecule is O=C(CCc1nc(-c2ccsc2)no1)Nc1nnc(C(F)(F)F)s1. The van der Waals surface area contributed by atoms with Gasteiger partial charge in [-0.2, -0.15) is 29.5 Å². The number of thiophene rings is 1. The summed E-state index contributed by atoms with van der Waals surface area (Å²) in [5, 5.41) is 14.7. The molecule has 0 saturated carbocycles. The van der Waals surface area contributed by atoms with Crippen molar-refractivity contribution in [3.8, 4) is 11.4 Å². The summed E-state index contributed by atoms with van der Waals surface area (Å²) in [6.07, 6.45) is -4.46. The van der Waals surface area contributed by atoms with E-state index in [0.29, 0.717) is 5.82 Å². The fraction of sp³-hybridized carbons (Fsp3) is 0.250. The molecule has 0 spiro atoms. The lowest BCUT2D eigenvalue weighted by Crippen LogP contribution is -2.12. The summed E-state index contributed by atoms with van der Waals surface area (Å²) in [4.78, 5) is 15.9. The number of amides is 1. The number of carbonyl (C=O) groups is 1. The van der Waals surface area contributed by atoms with E-state index < -0.39 is 17.1 Å². The van der Waals surface area contributed by atoms with Crippen LogP contribution in [0.2, 0.25) is 0 Å². The Morgan fingerprint density at radius 3 is 2.83 bits per heavy atom. The highest BCUT2D eigenvalue weighted by Gasteiger charge is 2.35. The molecule has 0 aliphatic rings. The Morgan fingerprint density at radius 1 is 1.33 bits per heavy atom. The van der Waals surface area contributed by atoms with Crippen LogP contribution in [-0.2, 0) is 17.4 Å². The molecule has 0 saturated heterocycles. The number of nitrogens with one attached hydrogen (secondary N) is 1. The number of aryl methyl sites for hydroxylation is 1. The Bertz CT molecular complexity index is 828. The molecule has 126 valence electrons. The maximum Gasteiger partial charge on any atom is 0.445 e. The van der Waals surface area contributed by atoms with E-state index in [1.807, 2.05) is 16.8 Å². The highest BCUT2D eigenvalue weighted by molar-refractivity contribution is 7.15. The third-order valence-electron chi connectivity index (χ3n) is 2.73. The normalized spacial score (nSPS) is 11.6. The zero-order valence-corrected chi connectivity index (χ0v) is 13.3. The van der Waals surface area contributed by atoms with E-state index in [4.69, 9.17) is 4.52 Å². The molecule has 3 rings (SSSR count). The molecule has 0 aliphatic heterocycles. The van der Waals surface area contributed by atoms with Crippen molar-refractivity contribution in [3.05, 3.63) is 27.7 Å². The van der Waals surface area contributed by atoms with Crippen LogP contribution in [0.4, 0.5) is 18.3 Å². The lowest BCUT2D eigenvalue weighted by molar-refractivity contribution is -0.138. The number of hydrogen-bond acceptors (Lipinski definition) is 8. The maximum atomic E-state index is 12.4. The Kier molecular flexibility index (Phi) is 4.57. The molecule has 24 heavy (non-hydrogen) atoms. The fourth-order valence-corrected chi connectivity index (χ4v) is 2.92. The first-order valence-corrected chi connectivity index (χ1v) is 8.23. The summed E-state index contributed by atoms with van der Waals surface area (Å²) in [6.45, 7) is 0. The zero-order valence-electron chi connectivity index (χ0n) is 11.7. The van der Waals surface area contributed by atoms with Gasteiger partial charge in [0.2, 0.25) is 27.8 Å². The molecule has 0 unspecified atom stereocenters. The molecule has 0 aromatic carbocycles. The third-order valence-corrected chi connectivity index (χ3v) is 4.29. The zero-order chi connectivity index (χ0) is 17.2. The van der Waals surface area contributed by atoms with Crippen molar-refractivity contribution in [2.24, 2.45) is 0 Å². The summed E-state index contributed by atoms with van der Waals surface area (Å²) in [7, 11) is 0. The van der Waals surface area contributed by atoms with Crippen molar-refractivity contribution in [3.63, 3.8) is 0 Å². The van der Waals surface area contributed by atoms with Gasteiger partial charge in [-0.3, -0.25) is 4.79 Å². The van der Waals surface area contributed by atoms with Crippen LogP contribution in [0, 0.1) is 0 Å². The van der Waals surface area contributed by atoms with Crippen molar-refractivity contribution in [1.29, 1.82) is 0 Å². The first-order chi connectivity index (χ1) is 11.4.